The summed E-state index contributed by atoms with van der Waals surface area (Å²) in [6.45, 7) is 4.77. The molecule has 2 aromatic rings. The number of carbonyl (C=O) groups excluding carboxylic acids is 1. The molecule has 0 saturated carbocycles. The summed E-state index contributed by atoms with van der Waals surface area (Å²) in [5.41, 5.74) is 4.39. The van der Waals surface area contributed by atoms with Crippen LogP contribution in [0.1, 0.15) is 16.7 Å². The highest BCUT2D eigenvalue weighted by molar-refractivity contribution is 5.95. The molecule has 0 unspecified atom stereocenters. The molecule has 0 N–H and O–H groups in total. The first kappa shape index (κ1) is 12.7. The van der Waals surface area contributed by atoms with Crippen LogP contribution in [0.4, 0.5) is 5.69 Å². The molecule has 0 fully saturated rings. The number of rotatable bonds is 1. The second-order valence-electron chi connectivity index (χ2n) is 5.14. The number of amides is 1. The number of carbonyl (C=O) groups is 1. The molecule has 1 heterocycles. The Bertz CT molecular complexity index is 664. The standard InChI is InChI=1S/C17H17NO2/c1-12-7-8-15(9-13(12)2)18-10-14-5-3-4-6-16(14)20-11-17(18)19/h3-9H,10-11H2,1-2H3. The summed E-state index contributed by atoms with van der Waals surface area (Å²) in [6.07, 6.45) is 0. The summed E-state index contributed by atoms with van der Waals surface area (Å²) < 4.78 is 5.58. The van der Waals surface area contributed by atoms with Gasteiger partial charge in [0, 0.05) is 11.3 Å². The van der Waals surface area contributed by atoms with Crippen LogP contribution in [0.2, 0.25) is 0 Å². The predicted molar refractivity (Wildman–Crippen MR) is 79.0 cm³/mol. The van der Waals surface area contributed by atoms with E-state index in [1.165, 1.54) is 11.1 Å². The van der Waals surface area contributed by atoms with Gasteiger partial charge in [-0.05, 0) is 43.2 Å². The second kappa shape index (κ2) is 5.00. The number of nitrogens with zero attached hydrogens (tertiary/aromatic N) is 1. The van der Waals surface area contributed by atoms with Gasteiger partial charge in [-0.1, -0.05) is 24.3 Å². The SMILES string of the molecule is Cc1ccc(N2Cc3ccccc3OCC2=O)cc1C. The smallest absolute Gasteiger partial charge is 0.265 e. The Hall–Kier alpha value is -2.29. The molecule has 3 rings (SSSR count). The van der Waals surface area contributed by atoms with Crippen molar-refractivity contribution in [2.45, 2.75) is 20.4 Å². The largest absolute Gasteiger partial charge is 0.483 e. The number of ether oxygens (including phenoxy) is 1. The Labute approximate surface area is 118 Å². The average molecular weight is 267 g/mol. The zero-order valence-corrected chi connectivity index (χ0v) is 11.7. The van der Waals surface area contributed by atoms with Crippen molar-refractivity contribution in [1.29, 1.82) is 0 Å². The van der Waals surface area contributed by atoms with Gasteiger partial charge in [0.05, 0.1) is 6.54 Å². The van der Waals surface area contributed by atoms with E-state index in [2.05, 4.69) is 26.0 Å². The van der Waals surface area contributed by atoms with E-state index in [0.29, 0.717) is 6.54 Å². The highest BCUT2D eigenvalue weighted by Gasteiger charge is 2.22. The maximum Gasteiger partial charge on any atom is 0.265 e. The minimum absolute atomic E-state index is 0.00977. The molecule has 0 aliphatic carbocycles. The molecular formula is C17H17NO2. The van der Waals surface area contributed by atoms with Crippen LogP contribution >= 0.6 is 0 Å². The summed E-state index contributed by atoms with van der Waals surface area (Å²) >= 11 is 0. The van der Waals surface area contributed by atoms with E-state index in [-0.39, 0.29) is 12.5 Å². The van der Waals surface area contributed by atoms with E-state index in [1.54, 1.807) is 4.90 Å². The summed E-state index contributed by atoms with van der Waals surface area (Å²) in [4.78, 5) is 14.1. The van der Waals surface area contributed by atoms with Gasteiger partial charge in [-0.3, -0.25) is 4.79 Å². The van der Waals surface area contributed by atoms with E-state index in [4.69, 9.17) is 4.74 Å². The zero-order chi connectivity index (χ0) is 14.1. The number of anilines is 1. The molecule has 0 radical (unpaired) electrons. The van der Waals surface area contributed by atoms with Crippen molar-refractivity contribution in [3.05, 3.63) is 59.2 Å². The van der Waals surface area contributed by atoms with Crippen LogP contribution in [-0.4, -0.2) is 12.5 Å². The van der Waals surface area contributed by atoms with Gasteiger partial charge in [-0.25, -0.2) is 0 Å². The van der Waals surface area contributed by atoms with Crippen molar-refractivity contribution in [2.24, 2.45) is 0 Å². The Kier molecular flexibility index (Phi) is 3.18. The van der Waals surface area contributed by atoms with Crippen molar-refractivity contribution in [3.63, 3.8) is 0 Å². The van der Waals surface area contributed by atoms with E-state index < -0.39 is 0 Å². The Morgan fingerprint density at radius 3 is 2.65 bits per heavy atom. The summed E-state index contributed by atoms with van der Waals surface area (Å²) in [7, 11) is 0. The van der Waals surface area contributed by atoms with Crippen molar-refractivity contribution < 1.29 is 9.53 Å². The lowest BCUT2D eigenvalue weighted by Crippen LogP contribution is -2.32. The molecule has 3 nitrogen and oxygen atoms in total. The number of para-hydroxylation sites is 1. The number of hydrogen-bond donors (Lipinski definition) is 0. The third kappa shape index (κ3) is 2.27. The summed E-state index contributed by atoms with van der Waals surface area (Å²) in [6, 6.07) is 13.9. The number of hydrogen-bond acceptors (Lipinski definition) is 2. The van der Waals surface area contributed by atoms with Gasteiger partial charge in [-0.15, -0.1) is 0 Å². The van der Waals surface area contributed by atoms with Crippen LogP contribution < -0.4 is 9.64 Å². The second-order valence-corrected chi connectivity index (χ2v) is 5.14. The van der Waals surface area contributed by atoms with E-state index in [0.717, 1.165) is 17.0 Å². The van der Waals surface area contributed by atoms with Crippen molar-refractivity contribution >= 4 is 11.6 Å². The predicted octanol–water partition coefficient (Wildman–Crippen LogP) is 3.23. The Morgan fingerprint density at radius 2 is 1.85 bits per heavy atom. The molecule has 1 amide bonds. The highest BCUT2D eigenvalue weighted by atomic mass is 16.5. The van der Waals surface area contributed by atoms with Gasteiger partial charge in [0.15, 0.2) is 6.61 Å². The lowest BCUT2D eigenvalue weighted by Gasteiger charge is -2.21. The minimum atomic E-state index is -0.00977. The van der Waals surface area contributed by atoms with Crippen molar-refractivity contribution in [3.8, 4) is 5.75 Å². The van der Waals surface area contributed by atoms with E-state index >= 15 is 0 Å². The maximum absolute atomic E-state index is 12.3. The van der Waals surface area contributed by atoms with Crippen LogP contribution in [0, 0.1) is 13.8 Å². The molecule has 0 saturated heterocycles. The highest BCUT2D eigenvalue weighted by Crippen LogP contribution is 2.27. The fraction of sp³-hybridized carbons (Fsp3) is 0.235. The Morgan fingerprint density at radius 1 is 1.05 bits per heavy atom. The third-order valence-corrected chi connectivity index (χ3v) is 3.76. The number of aryl methyl sites for hydroxylation is 2. The van der Waals surface area contributed by atoms with Gasteiger partial charge >= 0.3 is 0 Å². The minimum Gasteiger partial charge on any atom is -0.483 e. The quantitative estimate of drug-likeness (QED) is 0.794. The topological polar surface area (TPSA) is 29.5 Å². The molecule has 102 valence electrons. The van der Waals surface area contributed by atoms with Crippen molar-refractivity contribution in [2.75, 3.05) is 11.5 Å². The third-order valence-electron chi connectivity index (χ3n) is 3.76. The molecule has 0 bridgehead atoms. The van der Waals surface area contributed by atoms with Crippen LogP contribution in [0.15, 0.2) is 42.5 Å². The van der Waals surface area contributed by atoms with Gasteiger partial charge in [0.25, 0.3) is 5.91 Å². The lowest BCUT2D eigenvalue weighted by molar-refractivity contribution is -0.120. The van der Waals surface area contributed by atoms with E-state index in [9.17, 15) is 4.79 Å². The van der Waals surface area contributed by atoms with Gasteiger partial charge in [-0.2, -0.15) is 0 Å². The molecule has 0 aromatic heterocycles. The van der Waals surface area contributed by atoms with Gasteiger partial charge < -0.3 is 9.64 Å². The van der Waals surface area contributed by atoms with Crippen LogP contribution in [0.3, 0.4) is 0 Å². The number of fused-ring (bicyclic) bond motifs is 1. The fourth-order valence-corrected chi connectivity index (χ4v) is 2.38. The van der Waals surface area contributed by atoms with Gasteiger partial charge in [0.1, 0.15) is 5.75 Å². The fourth-order valence-electron chi connectivity index (χ4n) is 2.38. The van der Waals surface area contributed by atoms with Gasteiger partial charge in [0.2, 0.25) is 0 Å². The number of benzene rings is 2. The normalized spacial score (nSPS) is 14.5. The summed E-state index contributed by atoms with van der Waals surface area (Å²) in [5, 5.41) is 0. The average Bonchev–Trinajstić information content (AvgIpc) is 2.62. The molecule has 0 atom stereocenters. The molecule has 2 aromatic carbocycles. The Balaban J connectivity index is 1.99. The molecule has 20 heavy (non-hydrogen) atoms. The first-order valence-electron chi connectivity index (χ1n) is 6.73. The lowest BCUT2D eigenvalue weighted by atomic mass is 10.1. The maximum atomic E-state index is 12.3. The monoisotopic (exact) mass is 267 g/mol. The summed E-state index contributed by atoms with van der Waals surface area (Å²) in [5.74, 6) is 0.789. The molecule has 0 spiro atoms. The molecule has 1 aliphatic heterocycles. The zero-order valence-electron chi connectivity index (χ0n) is 11.7. The van der Waals surface area contributed by atoms with E-state index in [1.807, 2.05) is 30.3 Å². The van der Waals surface area contributed by atoms with Crippen LogP contribution in [0.25, 0.3) is 0 Å². The van der Waals surface area contributed by atoms with Crippen molar-refractivity contribution in [1.82, 2.24) is 0 Å². The molecular weight excluding hydrogens is 250 g/mol. The molecule has 3 heteroatoms. The first-order chi connectivity index (χ1) is 9.65. The molecule has 1 aliphatic rings. The first-order valence-corrected chi connectivity index (χ1v) is 6.73. The van der Waals surface area contributed by atoms with Crippen LogP contribution in [0.5, 0.6) is 5.75 Å². The van der Waals surface area contributed by atoms with Crippen LogP contribution in [-0.2, 0) is 11.3 Å².